The maximum absolute atomic E-state index is 14.3. The predicted molar refractivity (Wildman–Crippen MR) is 162 cm³/mol. The lowest BCUT2D eigenvalue weighted by Gasteiger charge is -2.44. The van der Waals surface area contributed by atoms with Crippen molar-refractivity contribution in [1.29, 1.82) is 0 Å². The Morgan fingerprint density at radius 3 is 2.51 bits per heavy atom. The minimum Gasteiger partial charge on any atom is -0.507 e. The topological polar surface area (TPSA) is 104 Å². The van der Waals surface area contributed by atoms with Gasteiger partial charge in [0.05, 0.1) is 27.5 Å². The van der Waals surface area contributed by atoms with Crippen LogP contribution in [0.2, 0.25) is 5.02 Å². The molecule has 1 aliphatic heterocycles. The third-order valence-corrected chi connectivity index (χ3v) is 8.02. The number of hydrogen-bond acceptors (Lipinski definition) is 7. The highest BCUT2D eigenvalue weighted by Gasteiger charge is 2.34. The number of piperazine rings is 1. The monoisotopic (exact) mass is 608 g/mol. The van der Waals surface area contributed by atoms with Gasteiger partial charge in [-0.15, -0.1) is 0 Å². The molecule has 1 N–H and O–H groups in total. The highest BCUT2D eigenvalue weighted by Crippen LogP contribution is 2.39. The number of amides is 1. The average Bonchev–Trinajstić information content (AvgIpc) is 2.95. The number of phenolic OH excluding ortho intramolecular Hbond substituents is 1. The maximum Gasteiger partial charge on any atom is 0.355 e. The molecule has 2 atom stereocenters. The van der Waals surface area contributed by atoms with Gasteiger partial charge in [0, 0.05) is 43.0 Å². The molecule has 0 saturated carbocycles. The summed E-state index contributed by atoms with van der Waals surface area (Å²) in [6.07, 6.45) is 2.93. The molecule has 3 aromatic heterocycles. The van der Waals surface area contributed by atoms with Gasteiger partial charge in [0.1, 0.15) is 11.6 Å². The number of aromatic hydroxyl groups is 1. The fraction of sp³-hybridized carbons (Fsp3) is 0.323. The summed E-state index contributed by atoms with van der Waals surface area (Å²) in [6, 6.07) is 4.31. The zero-order valence-electron chi connectivity index (χ0n) is 24.4. The summed E-state index contributed by atoms with van der Waals surface area (Å²) >= 11 is 6.71. The van der Waals surface area contributed by atoms with Crippen molar-refractivity contribution in [3.05, 3.63) is 81.5 Å². The Labute approximate surface area is 252 Å². The van der Waals surface area contributed by atoms with Crippen molar-refractivity contribution < 1.29 is 18.7 Å². The number of hydrogen-bond donors (Lipinski definition) is 1. The van der Waals surface area contributed by atoms with Crippen LogP contribution >= 0.6 is 11.6 Å². The highest BCUT2D eigenvalue weighted by molar-refractivity contribution is 6.34. The van der Waals surface area contributed by atoms with Crippen LogP contribution in [0.15, 0.2) is 47.9 Å². The third kappa shape index (κ3) is 5.22. The zero-order chi connectivity index (χ0) is 31.3. The van der Waals surface area contributed by atoms with Crippen molar-refractivity contribution in [2.24, 2.45) is 0 Å². The standard InChI is InChI=1S/C31H31ClF2N6O3/c1-7-25(42)38-13-18(6)39(14-17(38)5)29-20-10-21(32)27(19-11-22(33)23(34)12-24(19)41)36-30(20)40(31(43)37-29)28-16(4)8-9-35-26(28)15(2)3/h7-12,15,17-18,41H,1,13-14H2,2-6H3/t17-,18+/m1/s1. The molecule has 4 heterocycles. The van der Waals surface area contributed by atoms with E-state index in [9.17, 15) is 23.5 Å². The van der Waals surface area contributed by atoms with Gasteiger partial charge in [-0.05, 0) is 56.5 Å². The number of rotatable bonds is 5. The first-order valence-electron chi connectivity index (χ1n) is 13.8. The molecule has 1 amide bonds. The SMILES string of the molecule is C=CC(=O)N1C[C@H](C)N(c2nc(=O)n(-c3c(C)ccnc3C(C)C)c3nc(-c4cc(F)c(F)cc4O)c(Cl)cc23)C[C@H]1C. The first kappa shape index (κ1) is 30.1. The van der Waals surface area contributed by atoms with Crippen LogP contribution in [0.4, 0.5) is 14.6 Å². The molecule has 12 heteroatoms. The maximum atomic E-state index is 14.3. The molecule has 0 bridgehead atoms. The number of halogens is 3. The van der Waals surface area contributed by atoms with Gasteiger partial charge < -0.3 is 14.9 Å². The smallest absolute Gasteiger partial charge is 0.355 e. The van der Waals surface area contributed by atoms with Crippen LogP contribution in [0.1, 0.15) is 44.9 Å². The molecule has 224 valence electrons. The van der Waals surface area contributed by atoms with E-state index in [4.69, 9.17) is 16.6 Å². The van der Waals surface area contributed by atoms with Gasteiger partial charge in [-0.2, -0.15) is 4.98 Å². The van der Waals surface area contributed by atoms with Crippen LogP contribution < -0.4 is 10.6 Å². The molecule has 0 radical (unpaired) electrons. The largest absolute Gasteiger partial charge is 0.507 e. The van der Waals surface area contributed by atoms with Crippen molar-refractivity contribution in [1.82, 2.24) is 24.4 Å². The number of fused-ring (bicyclic) bond motifs is 1. The third-order valence-electron chi connectivity index (χ3n) is 7.74. The summed E-state index contributed by atoms with van der Waals surface area (Å²) in [5.41, 5.74) is 1.17. The van der Waals surface area contributed by atoms with E-state index in [1.54, 1.807) is 23.2 Å². The molecule has 4 aromatic rings. The van der Waals surface area contributed by atoms with Crippen molar-refractivity contribution in [3.8, 4) is 22.7 Å². The predicted octanol–water partition coefficient (Wildman–Crippen LogP) is 5.52. The first-order chi connectivity index (χ1) is 20.3. The van der Waals surface area contributed by atoms with Gasteiger partial charge in [0.25, 0.3) is 0 Å². The van der Waals surface area contributed by atoms with Gasteiger partial charge in [-0.25, -0.2) is 23.1 Å². The van der Waals surface area contributed by atoms with E-state index in [0.717, 1.165) is 11.6 Å². The minimum absolute atomic E-state index is 0.0234. The second-order valence-electron chi connectivity index (χ2n) is 11.1. The molecule has 9 nitrogen and oxygen atoms in total. The molecule has 1 saturated heterocycles. The second-order valence-corrected chi connectivity index (χ2v) is 11.5. The molecule has 0 unspecified atom stereocenters. The number of benzene rings is 1. The van der Waals surface area contributed by atoms with Crippen LogP contribution in [0.3, 0.4) is 0 Å². The highest BCUT2D eigenvalue weighted by atomic mass is 35.5. The lowest BCUT2D eigenvalue weighted by molar-refractivity contribution is -0.128. The van der Waals surface area contributed by atoms with Crippen LogP contribution in [-0.2, 0) is 4.79 Å². The normalized spacial score (nSPS) is 17.1. The summed E-state index contributed by atoms with van der Waals surface area (Å²) in [5, 5.41) is 11.0. The summed E-state index contributed by atoms with van der Waals surface area (Å²) in [7, 11) is 0. The van der Waals surface area contributed by atoms with Gasteiger partial charge >= 0.3 is 5.69 Å². The fourth-order valence-corrected chi connectivity index (χ4v) is 5.82. The number of pyridine rings is 2. The Morgan fingerprint density at radius 1 is 1.14 bits per heavy atom. The quantitative estimate of drug-likeness (QED) is 0.297. The first-order valence-corrected chi connectivity index (χ1v) is 14.2. The lowest BCUT2D eigenvalue weighted by atomic mass is 10.0. The molecule has 0 aliphatic carbocycles. The minimum atomic E-state index is -1.23. The van der Waals surface area contributed by atoms with E-state index < -0.39 is 23.1 Å². The molecular formula is C31H31ClF2N6O3. The molecule has 5 rings (SSSR count). The average molecular weight is 609 g/mol. The summed E-state index contributed by atoms with van der Waals surface area (Å²) in [4.78, 5) is 43.9. The number of aryl methyl sites for hydroxylation is 1. The lowest BCUT2D eigenvalue weighted by Crippen LogP contribution is -2.58. The van der Waals surface area contributed by atoms with Gasteiger partial charge in [0.2, 0.25) is 5.91 Å². The van der Waals surface area contributed by atoms with Crippen molar-refractivity contribution in [3.63, 3.8) is 0 Å². The van der Waals surface area contributed by atoms with E-state index in [1.165, 1.54) is 10.6 Å². The number of anilines is 1. The fourth-order valence-electron chi connectivity index (χ4n) is 5.57. The van der Waals surface area contributed by atoms with E-state index in [1.807, 2.05) is 39.5 Å². The second kappa shape index (κ2) is 11.4. The summed E-state index contributed by atoms with van der Waals surface area (Å²) < 4.78 is 29.5. The summed E-state index contributed by atoms with van der Waals surface area (Å²) in [5.74, 6) is -2.95. The van der Waals surface area contributed by atoms with E-state index in [-0.39, 0.29) is 45.8 Å². The van der Waals surface area contributed by atoms with Crippen molar-refractivity contribution >= 4 is 34.4 Å². The molecule has 1 aliphatic rings. The van der Waals surface area contributed by atoms with E-state index in [0.29, 0.717) is 41.7 Å². The number of phenols is 1. The van der Waals surface area contributed by atoms with E-state index >= 15 is 0 Å². The zero-order valence-corrected chi connectivity index (χ0v) is 25.2. The number of aromatic nitrogens is 4. The van der Waals surface area contributed by atoms with Gasteiger partial charge in [-0.1, -0.05) is 32.0 Å². The van der Waals surface area contributed by atoms with Crippen LogP contribution in [0.5, 0.6) is 5.75 Å². The van der Waals surface area contributed by atoms with Crippen LogP contribution in [-0.4, -0.2) is 60.6 Å². The Hall–Kier alpha value is -4.38. The Balaban J connectivity index is 1.84. The van der Waals surface area contributed by atoms with Gasteiger partial charge in [0.15, 0.2) is 17.3 Å². The van der Waals surface area contributed by atoms with Crippen molar-refractivity contribution in [2.45, 2.75) is 52.6 Å². The number of nitrogens with zero attached hydrogens (tertiary/aromatic N) is 6. The molecule has 1 aromatic carbocycles. The molecule has 1 fully saturated rings. The summed E-state index contributed by atoms with van der Waals surface area (Å²) in [6.45, 7) is 13.9. The molecule has 0 spiro atoms. The number of carbonyl (C=O) groups is 1. The van der Waals surface area contributed by atoms with Crippen molar-refractivity contribution in [2.75, 3.05) is 18.0 Å². The Bertz CT molecular complexity index is 1840. The Kier molecular flexibility index (Phi) is 7.95. The van der Waals surface area contributed by atoms with E-state index in [2.05, 4.69) is 16.5 Å². The van der Waals surface area contributed by atoms with Gasteiger partial charge in [-0.3, -0.25) is 9.78 Å². The van der Waals surface area contributed by atoms with Crippen LogP contribution in [0.25, 0.3) is 28.0 Å². The Morgan fingerprint density at radius 2 is 1.84 bits per heavy atom. The van der Waals surface area contributed by atoms with Crippen LogP contribution in [0, 0.1) is 18.6 Å². The molecule has 43 heavy (non-hydrogen) atoms. The number of carbonyl (C=O) groups excluding carboxylic acids is 1. The molecular weight excluding hydrogens is 578 g/mol.